The fourth-order valence-electron chi connectivity index (χ4n) is 1.90. The molecule has 1 atom stereocenters. The van der Waals surface area contributed by atoms with Gasteiger partial charge in [-0.15, -0.1) is 0 Å². The van der Waals surface area contributed by atoms with Crippen LogP contribution in [0, 0.1) is 6.92 Å². The molecule has 0 fully saturated rings. The molecule has 2 aromatic rings. The maximum Gasteiger partial charge on any atom is 0.123 e. The number of nitrogens with two attached hydrogens (primary N) is 1. The van der Waals surface area contributed by atoms with Gasteiger partial charge in [0.05, 0.1) is 19.6 Å². The molecule has 1 heterocycles. The Morgan fingerprint density at radius 2 is 2.18 bits per heavy atom. The van der Waals surface area contributed by atoms with Crippen LogP contribution in [0.3, 0.4) is 0 Å². The number of furan rings is 1. The molecule has 90 valence electrons. The summed E-state index contributed by atoms with van der Waals surface area (Å²) in [5.74, 6) is 0.848. The zero-order valence-electron chi connectivity index (χ0n) is 10.1. The molecule has 0 spiro atoms. The van der Waals surface area contributed by atoms with Crippen LogP contribution in [0.1, 0.15) is 22.7 Å². The molecule has 0 saturated heterocycles. The second kappa shape index (κ2) is 5.06. The van der Waals surface area contributed by atoms with Crippen molar-refractivity contribution in [2.24, 2.45) is 5.73 Å². The topological polar surface area (TPSA) is 48.4 Å². The van der Waals surface area contributed by atoms with Gasteiger partial charge in [-0.05, 0) is 36.6 Å². The van der Waals surface area contributed by atoms with Crippen molar-refractivity contribution < 1.29 is 9.15 Å². The minimum Gasteiger partial charge on any atom is -0.496 e. The Kier molecular flexibility index (Phi) is 3.49. The first kappa shape index (κ1) is 11.7. The summed E-state index contributed by atoms with van der Waals surface area (Å²) in [6, 6.07) is 7.93. The molecular weight excluding hydrogens is 214 g/mol. The van der Waals surface area contributed by atoms with Crippen molar-refractivity contribution in [2.75, 3.05) is 7.11 Å². The highest BCUT2D eigenvalue weighted by molar-refractivity contribution is 5.39. The molecule has 1 aromatic carbocycles. The second-order valence-electron chi connectivity index (χ2n) is 4.19. The van der Waals surface area contributed by atoms with Gasteiger partial charge in [-0.3, -0.25) is 0 Å². The normalized spacial score (nSPS) is 12.4. The van der Waals surface area contributed by atoms with Crippen LogP contribution in [0.15, 0.2) is 41.2 Å². The molecule has 0 aliphatic rings. The van der Waals surface area contributed by atoms with E-state index >= 15 is 0 Å². The number of hydrogen-bond donors (Lipinski definition) is 1. The Hall–Kier alpha value is -1.74. The SMILES string of the molecule is COc1cc(C)ccc1C(N)Cc1ccoc1. The number of methoxy groups -OCH3 is 1. The van der Waals surface area contributed by atoms with Crippen LogP contribution in [-0.2, 0) is 6.42 Å². The number of aryl methyl sites for hydroxylation is 1. The molecule has 0 amide bonds. The van der Waals surface area contributed by atoms with E-state index in [4.69, 9.17) is 14.9 Å². The monoisotopic (exact) mass is 231 g/mol. The molecule has 0 saturated carbocycles. The quantitative estimate of drug-likeness (QED) is 0.880. The van der Waals surface area contributed by atoms with Gasteiger partial charge in [0, 0.05) is 11.6 Å². The van der Waals surface area contributed by atoms with Crippen molar-refractivity contribution >= 4 is 0 Å². The van der Waals surface area contributed by atoms with E-state index in [-0.39, 0.29) is 6.04 Å². The molecular formula is C14H17NO2. The van der Waals surface area contributed by atoms with E-state index in [0.29, 0.717) is 0 Å². The summed E-state index contributed by atoms with van der Waals surface area (Å²) < 4.78 is 10.4. The second-order valence-corrected chi connectivity index (χ2v) is 4.19. The van der Waals surface area contributed by atoms with Gasteiger partial charge in [0.25, 0.3) is 0 Å². The molecule has 3 heteroatoms. The van der Waals surface area contributed by atoms with Crippen molar-refractivity contribution in [3.63, 3.8) is 0 Å². The lowest BCUT2D eigenvalue weighted by Crippen LogP contribution is -2.14. The highest BCUT2D eigenvalue weighted by Crippen LogP contribution is 2.27. The molecule has 0 aliphatic carbocycles. The van der Waals surface area contributed by atoms with Crippen LogP contribution < -0.4 is 10.5 Å². The van der Waals surface area contributed by atoms with Gasteiger partial charge in [0.15, 0.2) is 0 Å². The van der Waals surface area contributed by atoms with E-state index in [1.54, 1.807) is 19.6 Å². The van der Waals surface area contributed by atoms with Crippen LogP contribution >= 0.6 is 0 Å². The van der Waals surface area contributed by atoms with Crippen LogP contribution in [-0.4, -0.2) is 7.11 Å². The van der Waals surface area contributed by atoms with Crippen molar-refractivity contribution in [1.29, 1.82) is 0 Å². The van der Waals surface area contributed by atoms with E-state index in [1.807, 2.05) is 31.2 Å². The van der Waals surface area contributed by atoms with E-state index in [0.717, 1.165) is 23.3 Å². The smallest absolute Gasteiger partial charge is 0.123 e. The number of rotatable bonds is 4. The predicted octanol–water partition coefficient (Wildman–Crippen LogP) is 2.84. The van der Waals surface area contributed by atoms with Crippen LogP contribution in [0.25, 0.3) is 0 Å². The highest BCUT2D eigenvalue weighted by Gasteiger charge is 2.13. The lowest BCUT2D eigenvalue weighted by molar-refractivity contribution is 0.405. The minimum absolute atomic E-state index is 0.0804. The van der Waals surface area contributed by atoms with Gasteiger partial charge in [0.1, 0.15) is 5.75 Å². The van der Waals surface area contributed by atoms with Gasteiger partial charge in [-0.25, -0.2) is 0 Å². The van der Waals surface area contributed by atoms with Crippen LogP contribution in [0.2, 0.25) is 0 Å². The fraction of sp³-hybridized carbons (Fsp3) is 0.286. The Labute approximate surface area is 101 Å². The minimum atomic E-state index is -0.0804. The molecule has 1 aromatic heterocycles. The predicted molar refractivity (Wildman–Crippen MR) is 67.1 cm³/mol. The van der Waals surface area contributed by atoms with E-state index < -0.39 is 0 Å². The Balaban J connectivity index is 2.21. The molecule has 2 N–H and O–H groups in total. The van der Waals surface area contributed by atoms with Gasteiger partial charge in [-0.1, -0.05) is 12.1 Å². The molecule has 3 nitrogen and oxygen atoms in total. The first-order valence-electron chi connectivity index (χ1n) is 5.62. The summed E-state index contributed by atoms with van der Waals surface area (Å²) in [7, 11) is 1.67. The molecule has 0 aliphatic heterocycles. The zero-order valence-corrected chi connectivity index (χ0v) is 10.1. The number of hydrogen-bond acceptors (Lipinski definition) is 3. The number of benzene rings is 1. The maximum absolute atomic E-state index is 6.19. The average molecular weight is 231 g/mol. The average Bonchev–Trinajstić information content (AvgIpc) is 2.81. The van der Waals surface area contributed by atoms with Crippen molar-refractivity contribution in [2.45, 2.75) is 19.4 Å². The third-order valence-corrected chi connectivity index (χ3v) is 2.82. The van der Waals surface area contributed by atoms with Crippen LogP contribution in [0.4, 0.5) is 0 Å². The third kappa shape index (κ3) is 2.68. The van der Waals surface area contributed by atoms with E-state index in [2.05, 4.69) is 0 Å². The Morgan fingerprint density at radius 1 is 1.35 bits per heavy atom. The van der Waals surface area contributed by atoms with Gasteiger partial charge >= 0.3 is 0 Å². The summed E-state index contributed by atoms with van der Waals surface area (Å²) in [6.45, 7) is 2.04. The first-order valence-corrected chi connectivity index (χ1v) is 5.62. The van der Waals surface area contributed by atoms with Crippen molar-refractivity contribution in [3.05, 3.63) is 53.5 Å². The van der Waals surface area contributed by atoms with Gasteiger partial charge < -0.3 is 14.9 Å². The van der Waals surface area contributed by atoms with E-state index in [1.165, 1.54) is 5.56 Å². The zero-order chi connectivity index (χ0) is 12.3. The highest BCUT2D eigenvalue weighted by atomic mass is 16.5. The summed E-state index contributed by atoms with van der Waals surface area (Å²) in [4.78, 5) is 0. The van der Waals surface area contributed by atoms with Crippen LogP contribution in [0.5, 0.6) is 5.75 Å². The van der Waals surface area contributed by atoms with E-state index in [9.17, 15) is 0 Å². The number of ether oxygens (including phenoxy) is 1. The first-order chi connectivity index (χ1) is 8.20. The fourth-order valence-corrected chi connectivity index (χ4v) is 1.90. The lowest BCUT2D eigenvalue weighted by Gasteiger charge is -2.15. The third-order valence-electron chi connectivity index (χ3n) is 2.82. The Morgan fingerprint density at radius 3 is 2.82 bits per heavy atom. The summed E-state index contributed by atoms with van der Waals surface area (Å²) in [5.41, 5.74) is 9.48. The van der Waals surface area contributed by atoms with Gasteiger partial charge in [-0.2, -0.15) is 0 Å². The summed E-state index contributed by atoms with van der Waals surface area (Å²) in [6.07, 6.45) is 4.13. The summed E-state index contributed by atoms with van der Waals surface area (Å²) in [5, 5.41) is 0. The molecule has 17 heavy (non-hydrogen) atoms. The summed E-state index contributed by atoms with van der Waals surface area (Å²) >= 11 is 0. The lowest BCUT2D eigenvalue weighted by atomic mass is 9.99. The largest absolute Gasteiger partial charge is 0.496 e. The molecule has 0 radical (unpaired) electrons. The standard InChI is InChI=1S/C14H17NO2/c1-10-3-4-12(14(7-10)16-2)13(15)8-11-5-6-17-9-11/h3-7,9,13H,8,15H2,1-2H3. The molecule has 1 unspecified atom stereocenters. The maximum atomic E-state index is 6.19. The molecule has 0 bridgehead atoms. The van der Waals surface area contributed by atoms with Crippen molar-refractivity contribution in [3.8, 4) is 5.75 Å². The van der Waals surface area contributed by atoms with Crippen molar-refractivity contribution in [1.82, 2.24) is 0 Å². The Bertz CT molecular complexity index is 477. The molecule has 2 rings (SSSR count). The van der Waals surface area contributed by atoms with Gasteiger partial charge in [0.2, 0.25) is 0 Å².